The van der Waals surface area contributed by atoms with E-state index in [4.69, 9.17) is 9.47 Å². The number of aromatic amines is 1. The van der Waals surface area contributed by atoms with E-state index in [0.717, 1.165) is 18.7 Å². The average Bonchev–Trinajstić information content (AvgIpc) is 2.99. The van der Waals surface area contributed by atoms with E-state index in [1.165, 1.54) is 19.3 Å². The minimum Gasteiger partial charge on any atom is -0.726 e. The molecule has 0 fully saturated rings. The number of hydrogen-bond donors (Lipinski definition) is 1. The molecule has 0 aliphatic rings. The van der Waals surface area contributed by atoms with Gasteiger partial charge in [-0.05, 0) is 6.42 Å². The predicted octanol–water partition coefficient (Wildman–Crippen LogP) is 1.40. The Bertz CT molecular complexity index is 602. The number of methoxy groups -OCH3 is 1. The number of nitrogens with one attached hydrogen (secondary N) is 1. The van der Waals surface area contributed by atoms with Gasteiger partial charge in [-0.25, -0.2) is 18.0 Å². The average molecular weight is 409 g/mol. The molecule has 0 radical (unpaired) electrons. The number of esters is 1. The van der Waals surface area contributed by atoms with Crippen LogP contribution in [0, 0.1) is 0 Å². The minimum absolute atomic E-state index is 0.0258. The fraction of sp³-hybridized carbons (Fsp3) is 0.765. The Hall–Kier alpha value is -1.49. The van der Waals surface area contributed by atoms with Gasteiger partial charge in [-0.15, -0.1) is 0 Å². The first kappa shape index (κ1) is 25.5. The van der Waals surface area contributed by atoms with Crippen LogP contribution in [0.3, 0.4) is 0 Å². The number of ether oxygens (including phenoxy) is 2. The van der Waals surface area contributed by atoms with Crippen molar-refractivity contribution in [3.8, 4) is 0 Å². The Morgan fingerprint density at radius 2 is 1.81 bits per heavy atom. The Labute approximate surface area is 162 Å². The van der Waals surface area contributed by atoms with Crippen LogP contribution in [0.1, 0.15) is 51.3 Å². The van der Waals surface area contributed by atoms with Crippen molar-refractivity contribution in [2.75, 3.05) is 26.9 Å². The number of carbonyl (C=O) groups is 1. The van der Waals surface area contributed by atoms with Crippen LogP contribution in [-0.2, 0) is 42.3 Å². The number of H-pyrrole nitrogens is 1. The standard InChI is InChI=1S/C9H14N2O3.C8H18O4S/c1-11-4-3-10-8(11)7-9(12)14-6-5-13-2;1-2-3-4-5-6-7-8-12-13(9,10)11/h3-4H,5-7H2,1-2H3;2-8H2,1H3,(H,9,10,11). The quantitative estimate of drug-likeness (QED) is 0.172. The first-order chi connectivity index (χ1) is 12.8. The first-order valence-electron chi connectivity index (χ1n) is 9.06. The van der Waals surface area contributed by atoms with Crippen molar-refractivity contribution < 1.29 is 36.0 Å². The molecule has 1 N–H and O–H groups in total. The number of aryl methyl sites for hydroxylation is 1. The van der Waals surface area contributed by atoms with Gasteiger partial charge >= 0.3 is 5.97 Å². The number of imidazole rings is 1. The zero-order valence-electron chi connectivity index (χ0n) is 16.4. The Kier molecular flexibility index (Phi) is 14.7. The van der Waals surface area contributed by atoms with E-state index in [1.807, 2.05) is 17.8 Å². The maximum Gasteiger partial charge on any atom is 0.318 e. The zero-order chi connectivity index (χ0) is 20.5. The lowest BCUT2D eigenvalue weighted by atomic mass is 10.1. The lowest BCUT2D eigenvalue weighted by Gasteiger charge is -2.06. The third kappa shape index (κ3) is 16.4. The van der Waals surface area contributed by atoms with Gasteiger partial charge in [0.2, 0.25) is 10.4 Å². The van der Waals surface area contributed by atoms with Crippen molar-refractivity contribution in [2.24, 2.45) is 7.05 Å². The molecule has 0 amide bonds. The highest BCUT2D eigenvalue weighted by Crippen LogP contribution is 2.05. The van der Waals surface area contributed by atoms with Gasteiger partial charge in [0.15, 0.2) is 0 Å². The topological polar surface area (TPSA) is 122 Å². The largest absolute Gasteiger partial charge is 0.726 e. The second-order valence-corrected chi connectivity index (χ2v) is 6.96. The Morgan fingerprint density at radius 3 is 2.37 bits per heavy atom. The SMILES string of the molecule is CCCCCCCCOS(=O)(=O)[O-].COCCOC(=O)Cc1[nH]cc[n+]1C. The summed E-state index contributed by atoms with van der Waals surface area (Å²) in [5.74, 6) is 0.576. The van der Waals surface area contributed by atoms with E-state index < -0.39 is 10.4 Å². The molecule has 1 rings (SSSR count). The van der Waals surface area contributed by atoms with Crippen molar-refractivity contribution in [1.29, 1.82) is 0 Å². The lowest BCUT2D eigenvalue weighted by molar-refractivity contribution is -0.677. The van der Waals surface area contributed by atoms with Crippen LogP contribution in [0.25, 0.3) is 0 Å². The van der Waals surface area contributed by atoms with Gasteiger partial charge < -0.3 is 14.0 Å². The van der Waals surface area contributed by atoms with E-state index in [0.29, 0.717) is 19.6 Å². The second kappa shape index (κ2) is 15.6. The molecule has 0 aromatic carbocycles. The van der Waals surface area contributed by atoms with Crippen LogP contribution in [0.15, 0.2) is 12.4 Å². The van der Waals surface area contributed by atoms with E-state index in [2.05, 4.69) is 16.1 Å². The molecule has 0 bridgehead atoms. The Morgan fingerprint density at radius 1 is 1.15 bits per heavy atom. The van der Waals surface area contributed by atoms with Gasteiger partial charge in [-0.1, -0.05) is 39.0 Å². The maximum atomic E-state index is 11.2. The molecule has 158 valence electrons. The zero-order valence-corrected chi connectivity index (χ0v) is 17.3. The molecular weight excluding hydrogens is 376 g/mol. The molecular formula is C17H32N2O7S. The summed E-state index contributed by atoms with van der Waals surface area (Å²) in [5.41, 5.74) is 0. The summed E-state index contributed by atoms with van der Waals surface area (Å²) in [4.78, 5) is 14.2. The molecule has 27 heavy (non-hydrogen) atoms. The van der Waals surface area contributed by atoms with E-state index in [9.17, 15) is 17.8 Å². The van der Waals surface area contributed by atoms with Gasteiger partial charge in [0, 0.05) is 7.11 Å². The smallest absolute Gasteiger partial charge is 0.318 e. The van der Waals surface area contributed by atoms with Crippen LogP contribution in [-0.4, -0.2) is 50.9 Å². The van der Waals surface area contributed by atoms with Crippen molar-refractivity contribution in [1.82, 2.24) is 4.98 Å². The van der Waals surface area contributed by atoms with Crippen molar-refractivity contribution in [2.45, 2.75) is 51.9 Å². The summed E-state index contributed by atoms with van der Waals surface area (Å²) in [6.07, 6.45) is 10.1. The number of nitrogens with zero attached hydrogens (tertiary/aromatic N) is 1. The summed E-state index contributed by atoms with van der Waals surface area (Å²) in [7, 11) is -1.03. The van der Waals surface area contributed by atoms with Crippen molar-refractivity contribution >= 4 is 16.4 Å². The molecule has 0 atom stereocenters. The van der Waals surface area contributed by atoms with E-state index in [-0.39, 0.29) is 19.0 Å². The summed E-state index contributed by atoms with van der Waals surface area (Å²) in [6.45, 7) is 2.90. The van der Waals surface area contributed by atoms with Crippen LogP contribution in [0.5, 0.6) is 0 Å². The molecule has 1 heterocycles. The third-order valence-electron chi connectivity index (χ3n) is 3.56. The molecule has 0 aliphatic heterocycles. The van der Waals surface area contributed by atoms with E-state index in [1.54, 1.807) is 13.3 Å². The normalized spacial score (nSPS) is 11.0. The molecule has 1 aromatic heterocycles. The van der Waals surface area contributed by atoms with Gasteiger partial charge in [-0.3, -0.25) is 8.98 Å². The highest BCUT2D eigenvalue weighted by molar-refractivity contribution is 7.80. The van der Waals surface area contributed by atoms with Gasteiger partial charge in [0.1, 0.15) is 25.4 Å². The van der Waals surface area contributed by atoms with Gasteiger partial charge in [0.25, 0.3) is 5.82 Å². The van der Waals surface area contributed by atoms with Crippen LogP contribution in [0.2, 0.25) is 0 Å². The van der Waals surface area contributed by atoms with E-state index >= 15 is 0 Å². The molecule has 0 saturated heterocycles. The van der Waals surface area contributed by atoms with Crippen molar-refractivity contribution in [3.63, 3.8) is 0 Å². The maximum absolute atomic E-state index is 11.2. The van der Waals surface area contributed by atoms with Gasteiger partial charge in [-0.2, -0.15) is 0 Å². The third-order valence-corrected chi connectivity index (χ3v) is 4.02. The van der Waals surface area contributed by atoms with Crippen LogP contribution in [0.4, 0.5) is 0 Å². The summed E-state index contributed by atoms with van der Waals surface area (Å²) in [6, 6.07) is 0. The van der Waals surface area contributed by atoms with Gasteiger partial charge in [0.05, 0.1) is 20.3 Å². The molecule has 0 aliphatic carbocycles. The number of rotatable bonds is 13. The summed E-state index contributed by atoms with van der Waals surface area (Å²) < 4.78 is 45.5. The lowest BCUT2D eigenvalue weighted by Crippen LogP contribution is -2.32. The highest BCUT2D eigenvalue weighted by atomic mass is 32.3. The summed E-state index contributed by atoms with van der Waals surface area (Å²) >= 11 is 0. The molecule has 10 heteroatoms. The number of carbonyl (C=O) groups excluding carboxylic acids is 1. The number of unbranched alkanes of at least 4 members (excludes halogenated alkanes) is 5. The van der Waals surface area contributed by atoms with Crippen LogP contribution < -0.4 is 4.57 Å². The molecule has 0 saturated carbocycles. The fourth-order valence-electron chi connectivity index (χ4n) is 2.08. The second-order valence-electron chi connectivity index (χ2n) is 5.91. The molecule has 9 nitrogen and oxygen atoms in total. The number of hydrogen-bond acceptors (Lipinski definition) is 7. The molecule has 0 spiro atoms. The fourth-order valence-corrected chi connectivity index (χ4v) is 2.40. The number of aromatic nitrogens is 2. The Balaban J connectivity index is 0.000000503. The summed E-state index contributed by atoms with van der Waals surface area (Å²) in [5, 5.41) is 0. The van der Waals surface area contributed by atoms with Crippen molar-refractivity contribution in [3.05, 3.63) is 18.2 Å². The first-order valence-corrected chi connectivity index (χ1v) is 10.4. The molecule has 0 unspecified atom stereocenters. The monoisotopic (exact) mass is 408 g/mol. The minimum atomic E-state index is -4.47. The highest BCUT2D eigenvalue weighted by Gasteiger charge is 2.13. The molecule has 1 aromatic rings. The van der Waals surface area contributed by atoms with Crippen LogP contribution >= 0.6 is 0 Å². The predicted molar refractivity (Wildman–Crippen MR) is 97.5 cm³/mol.